The molecule has 0 radical (unpaired) electrons. The van der Waals surface area contributed by atoms with Crippen molar-refractivity contribution in [2.45, 2.75) is 13.8 Å². The number of nitrogens with zero attached hydrogens (tertiary/aromatic N) is 2. The van der Waals surface area contributed by atoms with Gasteiger partial charge in [-0.2, -0.15) is 5.26 Å². The van der Waals surface area contributed by atoms with Crippen molar-refractivity contribution in [3.63, 3.8) is 0 Å². The van der Waals surface area contributed by atoms with Crippen LogP contribution in [0.1, 0.15) is 17.0 Å². The summed E-state index contributed by atoms with van der Waals surface area (Å²) in [7, 11) is 0. The molecule has 0 spiro atoms. The Kier molecular flexibility index (Phi) is 6.63. The van der Waals surface area contributed by atoms with Crippen LogP contribution in [-0.4, -0.2) is 10.5 Å². The Bertz CT molecular complexity index is 1140. The molecule has 1 N–H and O–H groups in total. The lowest BCUT2D eigenvalue weighted by Crippen LogP contribution is -2.13. The van der Waals surface area contributed by atoms with Gasteiger partial charge in [0.15, 0.2) is 0 Å². The molecular weight excluding hydrogens is 518 g/mol. The highest BCUT2D eigenvalue weighted by atomic mass is 79.9. The Balaban J connectivity index is 1.98. The summed E-state index contributed by atoms with van der Waals surface area (Å²) in [4.78, 5) is 12.6. The second-order valence-corrected chi connectivity index (χ2v) is 8.49. The minimum atomic E-state index is -0.477. The quantitative estimate of drug-likeness (QED) is 0.296. The lowest BCUT2D eigenvalue weighted by atomic mass is 10.1. The highest BCUT2D eigenvalue weighted by Gasteiger charge is 2.18. The van der Waals surface area contributed by atoms with E-state index in [1.165, 1.54) is 0 Å². The topological polar surface area (TPSA) is 57.8 Å². The van der Waals surface area contributed by atoms with Crippen LogP contribution in [0.3, 0.4) is 0 Å². The Labute approximate surface area is 191 Å². The molecule has 2 aromatic carbocycles. The van der Waals surface area contributed by atoms with Gasteiger partial charge in [-0.05, 0) is 84.4 Å². The lowest BCUT2D eigenvalue weighted by molar-refractivity contribution is -0.112. The average molecular weight is 534 g/mol. The smallest absolute Gasteiger partial charge is 0.266 e. The average Bonchev–Trinajstić information content (AvgIpc) is 2.91. The zero-order chi connectivity index (χ0) is 21.1. The van der Waals surface area contributed by atoms with E-state index in [4.69, 9.17) is 11.6 Å². The molecule has 0 fully saturated rings. The molecule has 29 heavy (non-hydrogen) atoms. The van der Waals surface area contributed by atoms with Gasteiger partial charge < -0.3 is 9.88 Å². The van der Waals surface area contributed by atoms with Crippen LogP contribution in [0.25, 0.3) is 11.8 Å². The molecule has 0 bridgehead atoms. The summed E-state index contributed by atoms with van der Waals surface area (Å²) in [5.74, 6) is -0.477. The molecule has 0 saturated heterocycles. The van der Waals surface area contributed by atoms with Gasteiger partial charge in [-0.15, -0.1) is 0 Å². The van der Waals surface area contributed by atoms with E-state index in [-0.39, 0.29) is 5.57 Å². The number of halogens is 3. The van der Waals surface area contributed by atoms with Crippen LogP contribution in [0, 0.1) is 25.2 Å². The molecule has 0 aliphatic rings. The maximum atomic E-state index is 12.6. The fourth-order valence-corrected chi connectivity index (χ4v) is 3.96. The third-order valence-corrected chi connectivity index (χ3v) is 6.24. The van der Waals surface area contributed by atoms with Crippen molar-refractivity contribution in [1.29, 1.82) is 5.26 Å². The third-order valence-electron chi connectivity index (χ3n) is 4.46. The number of hydrogen-bond acceptors (Lipinski definition) is 2. The van der Waals surface area contributed by atoms with E-state index in [1.54, 1.807) is 30.3 Å². The number of benzene rings is 2. The van der Waals surface area contributed by atoms with Crippen LogP contribution < -0.4 is 5.32 Å². The Hall–Kier alpha value is -2.33. The molecule has 0 aliphatic carbocycles. The maximum absolute atomic E-state index is 12.6. The molecule has 1 aromatic heterocycles. The van der Waals surface area contributed by atoms with Crippen LogP contribution in [-0.2, 0) is 4.79 Å². The number of rotatable bonds is 4. The fraction of sp³-hybridized carbons (Fsp3) is 0.0909. The van der Waals surface area contributed by atoms with E-state index in [1.807, 2.05) is 44.2 Å². The van der Waals surface area contributed by atoms with Gasteiger partial charge in [-0.1, -0.05) is 27.5 Å². The van der Waals surface area contributed by atoms with E-state index in [0.29, 0.717) is 10.7 Å². The van der Waals surface area contributed by atoms with Gasteiger partial charge in [0.25, 0.3) is 5.91 Å². The minimum absolute atomic E-state index is 0.0108. The predicted molar refractivity (Wildman–Crippen MR) is 124 cm³/mol. The van der Waals surface area contributed by atoms with E-state index in [9.17, 15) is 10.1 Å². The van der Waals surface area contributed by atoms with Crippen molar-refractivity contribution >= 4 is 61.1 Å². The minimum Gasteiger partial charge on any atom is -0.321 e. The molecule has 7 heteroatoms. The van der Waals surface area contributed by atoms with Crippen LogP contribution in [0.2, 0.25) is 5.02 Å². The van der Waals surface area contributed by atoms with E-state index < -0.39 is 5.91 Å². The van der Waals surface area contributed by atoms with Gasteiger partial charge in [-0.3, -0.25) is 4.79 Å². The molecule has 1 heterocycles. The normalized spacial score (nSPS) is 11.2. The van der Waals surface area contributed by atoms with Crippen LogP contribution in [0.5, 0.6) is 0 Å². The first-order valence-electron chi connectivity index (χ1n) is 8.64. The summed E-state index contributed by atoms with van der Waals surface area (Å²) in [5.41, 5.74) is 4.26. The van der Waals surface area contributed by atoms with Gasteiger partial charge in [-0.25, -0.2) is 0 Å². The van der Waals surface area contributed by atoms with Crippen LogP contribution >= 0.6 is 43.5 Å². The molecule has 3 aromatic rings. The van der Waals surface area contributed by atoms with Gasteiger partial charge in [0, 0.05) is 42.3 Å². The Morgan fingerprint density at radius 1 is 1.07 bits per heavy atom. The fourth-order valence-electron chi connectivity index (χ4n) is 2.99. The monoisotopic (exact) mass is 531 g/mol. The molecule has 3 rings (SSSR count). The van der Waals surface area contributed by atoms with E-state index >= 15 is 0 Å². The van der Waals surface area contributed by atoms with E-state index in [2.05, 4.69) is 41.7 Å². The molecule has 0 unspecified atom stereocenters. The first kappa shape index (κ1) is 21.4. The molecule has 0 saturated carbocycles. The van der Waals surface area contributed by atoms with Crippen LogP contribution in [0.4, 0.5) is 5.69 Å². The number of carbonyl (C=O) groups is 1. The largest absolute Gasteiger partial charge is 0.321 e. The summed E-state index contributed by atoms with van der Waals surface area (Å²) < 4.78 is 3.91. The van der Waals surface area contributed by atoms with Gasteiger partial charge in [0.05, 0.1) is 0 Å². The van der Waals surface area contributed by atoms with Crippen molar-refractivity contribution in [3.8, 4) is 11.8 Å². The molecule has 0 aliphatic heterocycles. The number of anilines is 1. The highest BCUT2D eigenvalue weighted by Crippen LogP contribution is 2.32. The Morgan fingerprint density at radius 3 is 2.28 bits per heavy atom. The van der Waals surface area contributed by atoms with E-state index in [0.717, 1.165) is 31.6 Å². The van der Waals surface area contributed by atoms with Crippen LogP contribution in [0.15, 0.2) is 63.0 Å². The second kappa shape index (κ2) is 9.00. The summed E-state index contributed by atoms with van der Waals surface area (Å²) in [5, 5.41) is 12.9. The number of hydrogen-bond donors (Lipinski definition) is 1. The molecule has 1 amide bonds. The van der Waals surface area contributed by atoms with Crippen molar-refractivity contribution in [1.82, 2.24) is 4.57 Å². The van der Waals surface area contributed by atoms with Crippen molar-refractivity contribution < 1.29 is 4.79 Å². The summed E-state index contributed by atoms with van der Waals surface area (Å²) in [6, 6.07) is 16.7. The van der Waals surface area contributed by atoms with Crippen molar-refractivity contribution in [2.75, 3.05) is 5.32 Å². The molecule has 0 atom stereocenters. The lowest BCUT2D eigenvalue weighted by Gasteiger charge is -2.09. The van der Waals surface area contributed by atoms with Gasteiger partial charge >= 0.3 is 0 Å². The first-order valence-corrected chi connectivity index (χ1v) is 10.6. The zero-order valence-corrected chi connectivity index (χ0v) is 19.6. The SMILES string of the molecule is Cc1c(Br)c(/C=C(/C#N)C(=O)Nc2ccc(Cl)cc2)c(C)n1-c1ccc(Br)cc1. The number of carbonyl (C=O) groups excluding carboxylic acids is 1. The number of nitriles is 1. The summed E-state index contributed by atoms with van der Waals surface area (Å²) in [6.07, 6.45) is 1.60. The number of nitrogens with one attached hydrogen (secondary N) is 1. The maximum Gasteiger partial charge on any atom is 0.266 e. The first-order chi connectivity index (χ1) is 13.8. The van der Waals surface area contributed by atoms with Crippen molar-refractivity contribution in [2.24, 2.45) is 0 Å². The van der Waals surface area contributed by atoms with Gasteiger partial charge in [0.1, 0.15) is 11.6 Å². The standard InChI is InChI=1S/C22H16Br2ClN3O/c1-13-20(21(24)14(2)28(13)19-9-3-16(23)4-10-19)11-15(12-26)22(29)27-18-7-5-17(25)6-8-18/h3-11H,1-2H3,(H,27,29)/b15-11-. The summed E-state index contributed by atoms with van der Waals surface area (Å²) in [6.45, 7) is 3.94. The van der Waals surface area contributed by atoms with Crippen molar-refractivity contribution in [3.05, 3.63) is 85.0 Å². The molecule has 4 nitrogen and oxygen atoms in total. The molecular formula is C22H16Br2ClN3O. The number of aromatic nitrogens is 1. The predicted octanol–water partition coefficient (Wildman–Crippen LogP) is 6.82. The second-order valence-electron chi connectivity index (χ2n) is 6.34. The zero-order valence-electron chi connectivity index (χ0n) is 15.6. The summed E-state index contributed by atoms with van der Waals surface area (Å²) >= 11 is 12.9. The Morgan fingerprint density at radius 2 is 1.69 bits per heavy atom. The number of amides is 1. The highest BCUT2D eigenvalue weighted by molar-refractivity contribution is 9.10. The third kappa shape index (κ3) is 4.64. The van der Waals surface area contributed by atoms with Gasteiger partial charge in [0.2, 0.25) is 0 Å². The molecule has 146 valence electrons.